The molecule has 1 heterocycles. The van der Waals surface area contributed by atoms with Crippen molar-refractivity contribution in [3.8, 4) is 11.5 Å². The van der Waals surface area contributed by atoms with E-state index < -0.39 is 6.10 Å². The lowest BCUT2D eigenvalue weighted by atomic mass is 10.1. The number of benzene rings is 1. The highest BCUT2D eigenvalue weighted by molar-refractivity contribution is 6.32. The number of hydrogen-bond acceptors (Lipinski definition) is 5. The third-order valence-corrected chi connectivity index (χ3v) is 2.92. The molecule has 2 rings (SSSR count). The zero-order chi connectivity index (χ0) is 13.8. The number of hydrogen-bond donors (Lipinski definition) is 1. The van der Waals surface area contributed by atoms with Crippen LogP contribution < -0.4 is 9.47 Å². The Labute approximate surface area is 115 Å². The molecule has 2 aromatic rings. The average Bonchev–Trinajstić information content (AvgIpc) is 2.46. The Morgan fingerprint density at radius 2 is 2.00 bits per heavy atom. The minimum Gasteiger partial charge on any atom is -0.493 e. The maximum absolute atomic E-state index is 10.2. The zero-order valence-electron chi connectivity index (χ0n) is 10.5. The van der Waals surface area contributed by atoms with Crippen LogP contribution >= 0.6 is 11.6 Å². The van der Waals surface area contributed by atoms with Gasteiger partial charge >= 0.3 is 0 Å². The molecule has 100 valence electrons. The van der Waals surface area contributed by atoms with Crippen molar-refractivity contribution in [2.24, 2.45) is 0 Å². The first-order valence-corrected chi connectivity index (χ1v) is 5.90. The van der Waals surface area contributed by atoms with E-state index in [9.17, 15) is 5.11 Å². The van der Waals surface area contributed by atoms with Gasteiger partial charge in [-0.2, -0.15) is 0 Å². The minimum absolute atomic E-state index is 0.361. The van der Waals surface area contributed by atoms with E-state index in [0.717, 1.165) is 0 Å². The maximum atomic E-state index is 10.2. The molecular weight excluding hydrogens is 268 g/mol. The molecule has 0 amide bonds. The Bertz CT molecular complexity index is 563. The van der Waals surface area contributed by atoms with Crippen LogP contribution in [0.3, 0.4) is 0 Å². The molecular formula is C13H13ClN2O3. The second kappa shape index (κ2) is 5.86. The summed E-state index contributed by atoms with van der Waals surface area (Å²) >= 11 is 6.09. The number of rotatable bonds is 4. The molecule has 0 spiro atoms. The van der Waals surface area contributed by atoms with Gasteiger partial charge in [0.25, 0.3) is 0 Å². The van der Waals surface area contributed by atoms with Gasteiger partial charge in [0, 0.05) is 12.4 Å². The van der Waals surface area contributed by atoms with Gasteiger partial charge < -0.3 is 14.6 Å². The van der Waals surface area contributed by atoms with Gasteiger partial charge in [-0.05, 0) is 17.7 Å². The summed E-state index contributed by atoms with van der Waals surface area (Å²) in [6, 6.07) is 3.27. The van der Waals surface area contributed by atoms with Gasteiger partial charge in [0.05, 0.1) is 31.1 Å². The molecule has 0 radical (unpaired) electrons. The summed E-state index contributed by atoms with van der Waals surface area (Å²) in [5, 5.41) is 10.6. The molecule has 1 N–H and O–H groups in total. The molecule has 1 atom stereocenters. The van der Waals surface area contributed by atoms with Crippen LogP contribution in [0.15, 0.2) is 30.7 Å². The number of ether oxygens (including phenoxy) is 2. The van der Waals surface area contributed by atoms with Crippen molar-refractivity contribution in [1.29, 1.82) is 0 Å². The quantitative estimate of drug-likeness (QED) is 0.930. The molecule has 6 heteroatoms. The second-order valence-electron chi connectivity index (χ2n) is 3.77. The van der Waals surface area contributed by atoms with Crippen molar-refractivity contribution < 1.29 is 14.6 Å². The van der Waals surface area contributed by atoms with Crippen LogP contribution in [0.2, 0.25) is 5.02 Å². The molecule has 0 saturated heterocycles. The first-order valence-electron chi connectivity index (χ1n) is 5.52. The Balaban J connectivity index is 2.43. The number of halogens is 1. The number of methoxy groups -OCH3 is 2. The summed E-state index contributed by atoms with van der Waals surface area (Å²) < 4.78 is 10.3. The van der Waals surface area contributed by atoms with E-state index in [-0.39, 0.29) is 0 Å². The molecule has 0 fully saturated rings. The smallest absolute Gasteiger partial charge is 0.179 e. The Morgan fingerprint density at radius 3 is 2.58 bits per heavy atom. The average molecular weight is 281 g/mol. The second-order valence-corrected chi connectivity index (χ2v) is 4.18. The Morgan fingerprint density at radius 1 is 1.21 bits per heavy atom. The monoisotopic (exact) mass is 280 g/mol. The standard InChI is InChI=1S/C13H13ClN2O3/c1-18-11-6-8(5-9(14)13(11)19-2)12(17)10-7-15-3-4-16-10/h3-7,12,17H,1-2H3. The van der Waals surface area contributed by atoms with Crippen LogP contribution in [0.1, 0.15) is 17.4 Å². The third-order valence-electron chi connectivity index (χ3n) is 2.63. The van der Waals surface area contributed by atoms with Crippen molar-refractivity contribution >= 4 is 11.6 Å². The van der Waals surface area contributed by atoms with Crippen molar-refractivity contribution in [2.75, 3.05) is 14.2 Å². The first kappa shape index (κ1) is 13.6. The molecule has 19 heavy (non-hydrogen) atoms. The van der Waals surface area contributed by atoms with E-state index >= 15 is 0 Å². The zero-order valence-corrected chi connectivity index (χ0v) is 11.3. The van der Waals surface area contributed by atoms with Crippen molar-refractivity contribution in [1.82, 2.24) is 9.97 Å². The van der Waals surface area contributed by atoms with E-state index in [1.54, 1.807) is 12.1 Å². The fraction of sp³-hybridized carbons (Fsp3) is 0.231. The van der Waals surface area contributed by atoms with Crippen molar-refractivity contribution in [3.63, 3.8) is 0 Å². The van der Waals surface area contributed by atoms with Gasteiger partial charge in [0.1, 0.15) is 6.10 Å². The molecule has 1 aromatic heterocycles. The summed E-state index contributed by atoms with van der Waals surface area (Å²) in [7, 11) is 3.01. The summed E-state index contributed by atoms with van der Waals surface area (Å²) in [6.45, 7) is 0. The van der Waals surface area contributed by atoms with Gasteiger partial charge in [-0.25, -0.2) is 0 Å². The van der Waals surface area contributed by atoms with Crippen LogP contribution in [-0.2, 0) is 0 Å². The highest BCUT2D eigenvalue weighted by Gasteiger charge is 2.17. The number of aromatic nitrogens is 2. The van der Waals surface area contributed by atoms with Crippen LogP contribution in [-0.4, -0.2) is 29.3 Å². The summed E-state index contributed by atoms with van der Waals surface area (Å²) in [4.78, 5) is 7.97. The fourth-order valence-corrected chi connectivity index (χ4v) is 2.01. The van der Waals surface area contributed by atoms with Crippen LogP contribution in [0.5, 0.6) is 11.5 Å². The molecule has 0 aliphatic heterocycles. The highest BCUT2D eigenvalue weighted by Crippen LogP contribution is 2.38. The number of aliphatic hydroxyl groups is 1. The molecule has 5 nitrogen and oxygen atoms in total. The Hall–Kier alpha value is -1.85. The van der Waals surface area contributed by atoms with Gasteiger partial charge in [-0.1, -0.05) is 11.6 Å². The van der Waals surface area contributed by atoms with Gasteiger partial charge in [0.2, 0.25) is 0 Å². The molecule has 0 aliphatic rings. The lowest BCUT2D eigenvalue weighted by molar-refractivity contribution is 0.214. The molecule has 1 unspecified atom stereocenters. The fourth-order valence-electron chi connectivity index (χ4n) is 1.72. The summed E-state index contributed by atoms with van der Waals surface area (Å²) in [6.07, 6.45) is 3.62. The summed E-state index contributed by atoms with van der Waals surface area (Å²) in [5.41, 5.74) is 0.994. The minimum atomic E-state index is -0.925. The van der Waals surface area contributed by atoms with Crippen LogP contribution in [0.4, 0.5) is 0 Å². The summed E-state index contributed by atoms with van der Waals surface area (Å²) in [5.74, 6) is 0.882. The number of nitrogens with zero attached hydrogens (tertiary/aromatic N) is 2. The Kier molecular flexibility index (Phi) is 4.19. The van der Waals surface area contributed by atoms with Crippen LogP contribution in [0.25, 0.3) is 0 Å². The van der Waals surface area contributed by atoms with E-state index in [0.29, 0.717) is 27.8 Å². The highest BCUT2D eigenvalue weighted by atomic mass is 35.5. The molecule has 1 aromatic carbocycles. The number of aliphatic hydroxyl groups excluding tert-OH is 1. The third kappa shape index (κ3) is 2.77. The van der Waals surface area contributed by atoms with E-state index in [4.69, 9.17) is 21.1 Å². The van der Waals surface area contributed by atoms with Crippen LogP contribution in [0, 0.1) is 0 Å². The van der Waals surface area contributed by atoms with E-state index in [1.807, 2.05) is 0 Å². The largest absolute Gasteiger partial charge is 0.493 e. The SMILES string of the molecule is COc1cc(C(O)c2cnccn2)cc(Cl)c1OC. The maximum Gasteiger partial charge on any atom is 0.179 e. The van der Waals surface area contributed by atoms with E-state index in [2.05, 4.69) is 9.97 Å². The van der Waals surface area contributed by atoms with Gasteiger partial charge in [-0.3, -0.25) is 9.97 Å². The van der Waals surface area contributed by atoms with Gasteiger partial charge in [0.15, 0.2) is 11.5 Å². The first-order chi connectivity index (χ1) is 9.17. The lowest BCUT2D eigenvalue weighted by Gasteiger charge is -2.15. The van der Waals surface area contributed by atoms with E-state index in [1.165, 1.54) is 32.8 Å². The van der Waals surface area contributed by atoms with Crippen molar-refractivity contribution in [3.05, 3.63) is 47.0 Å². The molecule has 0 bridgehead atoms. The molecule has 0 aliphatic carbocycles. The predicted molar refractivity (Wildman–Crippen MR) is 70.6 cm³/mol. The molecule has 0 saturated carbocycles. The lowest BCUT2D eigenvalue weighted by Crippen LogP contribution is -2.04. The predicted octanol–water partition coefficient (Wildman–Crippen LogP) is 2.23. The van der Waals surface area contributed by atoms with Crippen molar-refractivity contribution in [2.45, 2.75) is 6.10 Å². The normalized spacial score (nSPS) is 12.0. The topological polar surface area (TPSA) is 64.5 Å². The van der Waals surface area contributed by atoms with Gasteiger partial charge in [-0.15, -0.1) is 0 Å².